The first kappa shape index (κ1) is 26.4. The Labute approximate surface area is 212 Å². The van der Waals surface area contributed by atoms with Crippen molar-refractivity contribution in [2.24, 2.45) is 0 Å². The number of benzene rings is 3. The van der Waals surface area contributed by atoms with Gasteiger partial charge in [0.05, 0.1) is 37.4 Å². The zero-order valence-corrected chi connectivity index (χ0v) is 21.3. The summed E-state index contributed by atoms with van der Waals surface area (Å²) in [5.74, 6) is 1.01. The summed E-state index contributed by atoms with van der Waals surface area (Å²) in [6.07, 6.45) is 0. The third kappa shape index (κ3) is 6.69. The molecule has 0 bridgehead atoms. The third-order valence-electron chi connectivity index (χ3n) is 5.34. The third-order valence-corrected chi connectivity index (χ3v) is 5.34. The van der Waals surface area contributed by atoms with E-state index >= 15 is 0 Å². The molecule has 0 aliphatic heterocycles. The van der Waals surface area contributed by atoms with Crippen molar-refractivity contribution >= 4 is 28.9 Å². The molecule has 2 amide bonds. The largest absolute Gasteiger partial charge is 0.495 e. The fourth-order valence-electron chi connectivity index (χ4n) is 3.56. The number of aryl methyl sites for hydroxylation is 1. The van der Waals surface area contributed by atoms with Crippen molar-refractivity contribution in [3.05, 3.63) is 71.8 Å². The molecule has 3 rings (SSSR count). The number of hydrogen-bond acceptors (Lipinski definition) is 6. The fraction of sp³-hybridized carbons (Fsp3) is 0.286. The van der Waals surface area contributed by atoms with E-state index in [9.17, 15) is 9.59 Å². The topological polar surface area (TPSA) is 97.9 Å². The van der Waals surface area contributed by atoms with Crippen LogP contribution in [0.3, 0.4) is 0 Å². The zero-order valence-electron chi connectivity index (χ0n) is 21.3. The van der Waals surface area contributed by atoms with E-state index in [1.165, 1.54) is 0 Å². The Balaban J connectivity index is 1.85. The van der Waals surface area contributed by atoms with Crippen LogP contribution >= 0.6 is 0 Å². The molecular formula is C28H33N3O5. The Morgan fingerprint density at radius 3 is 2.06 bits per heavy atom. The van der Waals surface area contributed by atoms with Gasteiger partial charge in [-0.25, -0.2) is 0 Å². The Morgan fingerprint density at radius 2 is 1.42 bits per heavy atom. The molecule has 0 aromatic heterocycles. The minimum atomic E-state index is -0.617. The predicted octanol–water partition coefficient (Wildman–Crippen LogP) is 5.49. The summed E-state index contributed by atoms with van der Waals surface area (Å²) >= 11 is 0. The van der Waals surface area contributed by atoms with Gasteiger partial charge in [0, 0.05) is 17.7 Å². The van der Waals surface area contributed by atoms with Crippen molar-refractivity contribution in [3.63, 3.8) is 0 Å². The van der Waals surface area contributed by atoms with Gasteiger partial charge in [-0.05, 0) is 57.5 Å². The lowest BCUT2D eigenvalue weighted by atomic mass is 10.1. The maximum absolute atomic E-state index is 13.0. The summed E-state index contributed by atoms with van der Waals surface area (Å²) in [5.41, 5.74) is 3.16. The molecule has 3 aromatic rings. The average molecular weight is 492 g/mol. The standard InChI is InChI=1S/C28H33N3O5/c1-6-35-25-17-23(31-28(33)20-11-9-8-10-12-20)26(36-7-2)16-22(25)29-19(4)27(32)30-21-15-18(3)13-14-24(21)34-5/h8-17,19,29H,6-7H2,1-5H3,(H,30,32)(H,31,33). The van der Waals surface area contributed by atoms with Crippen LogP contribution in [-0.4, -0.2) is 38.2 Å². The smallest absolute Gasteiger partial charge is 0.255 e. The highest BCUT2D eigenvalue weighted by Gasteiger charge is 2.20. The van der Waals surface area contributed by atoms with Gasteiger partial charge in [0.1, 0.15) is 23.3 Å². The number of hydrogen-bond donors (Lipinski definition) is 3. The second-order valence-corrected chi connectivity index (χ2v) is 8.09. The lowest BCUT2D eigenvalue weighted by molar-refractivity contribution is -0.116. The normalized spacial score (nSPS) is 11.2. The number of carbonyl (C=O) groups is 2. The molecule has 1 atom stereocenters. The number of carbonyl (C=O) groups excluding carboxylic acids is 2. The van der Waals surface area contributed by atoms with Gasteiger partial charge in [-0.1, -0.05) is 24.3 Å². The molecule has 3 aromatic carbocycles. The summed E-state index contributed by atoms with van der Waals surface area (Å²) in [4.78, 5) is 25.7. The van der Waals surface area contributed by atoms with Gasteiger partial charge in [0.2, 0.25) is 5.91 Å². The number of rotatable bonds is 11. The molecule has 0 radical (unpaired) electrons. The molecule has 3 N–H and O–H groups in total. The van der Waals surface area contributed by atoms with Gasteiger partial charge in [-0.2, -0.15) is 0 Å². The summed E-state index contributed by atoms with van der Waals surface area (Å²) in [6, 6.07) is 17.3. The number of amides is 2. The average Bonchev–Trinajstić information content (AvgIpc) is 2.87. The van der Waals surface area contributed by atoms with Crippen molar-refractivity contribution in [2.75, 3.05) is 36.3 Å². The molecule has 8 heteroatoms. The van der Waals surface area contributed by atoms with Crippen LogP contribution < -0.4 is 30.2 Å². The van der Waals surface area contributed by atoms with Gasteiger partial charge in [0.25, 0.3) is 5.91 Å². The molecular weight excluding hydrogens is 458 g/mol. The first-order chi connectivity index (χ1) is 17.4. The molecule has 36 heavy (non-hydrogen) atoms. The van der Waals surface area contributed by atoms with E-state index < -0.39 is 6.04 Å². The van der Waals surface area contributed by atoms with E-state index in [1.54, 1.807) is 50.4 Å². The van der Waals surface area contributed by atoms with E-state index in [-0.39, 0.29) is 11.8 Å². The second kappa shape index (κ2) is 12.5. The number of ether oxygens (including phenoxy) is 3. The van der Waals surface area contributed by atoms with Crippen molar-refractivity contribution in [2.45, 2.75) is 33.7 Å². The van der Waals surface area contributed by atoms with Crippen molar-refractivity contribution in [3.8, 4) is 17.2 Å². The molecule has 190 valence electrons. The number of methoxy groups -OCH3 is 1. The van der Waals surface area contributed by atoms with Gasteiger partial charge in [0.15, 0.2) is 0 Å². The first-order valence-electron chi connectivity index (χ1n) is 11.9. The summed E-state index contributed by atoms with van der Waals surface area (Å²) in [5, 5.41) is 9.02. The monoisotopic (exact) mass is 491 g/mol. The van der Waals surface area contributed by atoms with Crippen LogP contribution in [0.15, 0.2) is 60.7 Å². The van der Waals surface area contributed by atoms with Crippen LogP contribution in [0.2, 0.25) is 0 Å². The molecule has 1 unspecified atom stereocenters. The summed E-state index contributed by atoms with van der Waals surface area (Å²) < 4.78 is 17.0. The minimum absolute atomic E-state index is 0.249. The van der Waals surface area contributed by atoms with E-state index in [2.05, 4.69) is 16.0 Å². The second-order valence-electron chi connectivity index (χ2n) is 8.09. The lowest BCUT2D eigenvalue weighted by Gasteiger charge is -2.21. The number of anilines is 3. The molecule has 0 fully saturated rings. The predicted molar refractivity (Wildman–Crippen MR) is 143 cm³/mol. The van der Waals surface area contributed by atoms with Gasteiger partial charge >= 0.3 is 0 Å². The Kier molecular flexibility index (Phi) is 9.16. The van der Waals surface area contributed by atoms with Gasteiger partial charge < -0.3 is 30.2 Å². The van der Waals surface area contributed by atoms with Crippen LogP contribution in [-0.2, 0) is 4.79 Å². The quantitative estimate of drug-likeness (QED) is 0.328. The zero-order chi connectivity index (χ0) is 26.1. The highest BCUT2D eigenvalue weighted by atomic mass is 16.5. The minimum Gasteiger partial charge on any atom is -0.495 e. The van der Waals surface area contributed by atoms with Crippen molar-refractivity contribution in [1.29, 1.82) is 0 Å². The van der Waals surface area contributed by atoms with Crippen LogP contribution in [0.1, 0.15) is 36.7 Å². The highest BCUT2D eigenvalue weighted by molar-refractivity contribution is 6.05. The molecule has 0 heterocycles. The van der Waals surface area contributed by atoms with Crippen LogP contribution in [0.4, 0.5) is 17.1 Å². The Morgan fingerprint density at radius 1 is 0.806 bits per heavy atom. The summed E-state index contributed by atoms with van der Waals surface area (Å²) in [6.45, 7) is 8.21. The van der Waals surface area contributed by atoms with Crippen molar-refractivity contribution < 1.29 is 23.8 Å². The lowest BCUT2D eigenvalue weighted by Crippen LogP contribution is -2.32. The van der Waals surface area contributed by atoms with E-state index in [0.29, 0.717) is 53.1 Å². The molecule has 8 nitrogen and oxygen atoms in total. The Hall–Kier alpha value is -4.20. The molecule has 0 spiro atoms. The van der Waals surface area contributed by atoms with Crippen LogP contribution in [0, 0.1) is 6.92 Å². The molecule has 0 aliphatic rings. The van der Waals surface area contributed by atoms with Crippen LogP contribution in [0.25, 0.3) is 0 Å². The maximum Gasteiger partial charge on any atom is 0.255 e. The van der Waals surface area contributed by atoms with E-state index in [1.807, 2.05) is 45.0 Å². The molecule has 0 saturated carbocycles. The van der Waals surface area contributed by atoms with Gasteiger partial charge in [-0.15, -0.1) is 0 Å². The first-order valence-corrected chi connectivity index (χ1v) is 11.9. The van der Waals surface area contributed by atoms with E-state index in [4.69, 9.17) is 14.2 Å². The molecule has 0 saturated heterocycles. The molecule has 0 aliphatic carbocycles. The highest BCUT2D eigenvalue weighted by Crippen LogP contribution is 2.37. The summed E-state index contributed by atoms with van der Waals surface area (Å²) in [7, 11) is 1.56. The van der Waals surface area contributed by atoms with Crippen LogP contribution in [0.5, 0.6) is 17.2 Å². The fourth-order valence-corrected chi connectivity index (χ4v) is 3.56. The SMILES string of the molecule is CCOc1cc(NC(C)C(=O)Nc2cc(C)ccc2OC)c(OCC)cc1NC(=O)c1ccccc1. The maximum atomic E-state index is 13.0. The van der Waals surface area contributed by atoms with Gasteiger partial charge in [-0.3, -0.25) is 9.59 Å². The van der Waals surface area contributed by atoms with Crippen molar-refractivity contribution in [1.82, 2.24) is 0 Å². The number of nitrogens with one attached hydrogen (secondary N) is 3. The van der Waals surface area contributed by atoms with E-state index in [0.717, 1.165) is 5.56 Å². The Bertz CT molecular complexity index is 1200.